The predicted molar refractivity (Wildman–Crippen MR) is 174 cm³/mol. The molecule has 0 fully saturated rings. The highest BCUT2D eigenvalue weighted by molar-refractivity contribution is 7.98. The van der Waals surface area contributed by atoms with Gasteiger partial charge in [-0.1, -0.05) is 103 Å². The Morgan fingerprint density at radius 2 is 1.16 bits per heavy atom. The quantitative estimate of drug-likeness (QED) is 0.136. The number of halogens is 1. The summed E-state index contributed by atoms with van der Waals surface area (Å²) in [6.07, 6.45) is 1.03. The van der Waals surface area contributed by atoms with Crippen molar-refractivity contribution in [1.29, 1.82) is 0 Å². The summed E-state index contributed by atoms with van der Waals surface area (Å²) in [7, 11) is 0. The summed E-state index contributed by atoms with van der Waals surface area (Å²) in [5.74, 6) is -2.01. The van der Waals surface area contributed by atoms with Crippen LogP contribution in [0.1, 0.15) is 23.1 Å². The van der Waals surface area contributed by atoms with E-state index in [-0.39, 0.29) is 24.0 Å². The molecule has 43 heavy (non-hydrogen) atoms. The molecule has 0 aliphatic rings. The zero-order valence-electron chi connectivity index (χ0n) is 23.7. The second-order valence-corrected chi connectivity index (χ2v) is 11.9. The van der Waals surface area contributed by atoms with Gasteiger partial charge in [0.15, 0.2) is 0 Å². The summed E-state index contributed by atoms with van der Waals surface area (Å²) in [4.78, 5) is 39.6. The van der Waals surface area contributed by atoms with E-state index in [1.165, 1.54) is 11.8 Å². The molecule has 0 aliphatic carbocycles. The van der Waals surface area contributed by atoms with Crippen LogP contribution in [-0.4, -0.2) is 34.7 Å². The van der Waals surface area contributed by atoms with Crippen LogP contribution in [0.4, 0.5) is 5.69 Å². The molecule has 8 heteroatoms. The monoisotopic (exact) mass is 614 g/mol. The molecule has 2 amide bonds. The highest BCUT2D eigenvalue weighted by Crippen LogP contribution is 2.25. The highest BCUT2D eigenvalue weighted by Gasteiger charge is 2.31. The fraction of sp³-hybridized carbons (Fsp3) is 0.229. The Hall–Kier alpha value is -4.07. The Labute approximate surface area is 261 Å². The first kappa shape index (κ1) is 31.9. The number of aliphatic carboxylic acids is 1. The number of carbonyl (C=O) groups excluding carboxylic acids is 2. The van der Waals surface area contributed by atoms with Gasteiger partial charge < -0.3 is 15.7 Å². The van der Waals surface area contributed by atoms with Crippen LogP contribution in [0.15, 0.2) is 115 Å². The van der Waals surface area contributed by atoms with E-state index in [4.69, 9.17) is 11.6 Å². The first-order chi connectivity index (χ1) is 20.9. The zero-order valence-corrected chi connectivity index (χ0v) is 25.3. The van der Waals surface area contributed by atoms with Gasteiger partial charge in [0.05, 0.1) is 0 Å². The zero-order chi connectivity index (χ0) is 30.4. The van der Waals surface area contributed by atoms with E-state index in [0.717, 1.165) is 16.7 Å². The van der Waals surface area contributed by atoms with Crippen molar-refractivity contribution in [3.8, 4) is 0 Å². The number of anilines is 1. The van der Waals surface area contributed by atoms with Crippen molar-refractivity contribution in [2.75, 3.05) is 11.1 Å². The summed E-state index contributed by atoms with van der Waals surface area (Å²) in [5, 5.41) is 16.3. The van der Waals surface area contributed by atoms with Crippen molar-refractivity contribution >= 4 is 46.8 Å². The molecule has 0 aliphatic heterocycles. The van der Waals surface area contributed by atoms with Gasteiger partial charge in [0.25, 0.3) is 0 Å². The Kier molecular flexibility index (Phi) is 12.3. The number of nitrogens with one attached hydrogen (secondary N) is 2. The lowest BCUT2D eigenvalue weighted by Gasteiger charge is -2.25. The molecule has 0 radical (unpaired) electrons. The molecular formula is C35H35ClN2O4S. The summed E-state index contributed by atoms with van der Waals surface area (Å²) < 4.78 is 0. The highest BCUT2D eigenvalue weighted by atomic mass is 35.5. The minimum atomic E-state index is -1.09. The summed E-state index contributed by atoms with van der Waals surface area (Å²) in [6, 6.07) is 34.9. The van der Waals surface area contributed by atoms with Crippen LogP contribution in [0.25, 0.3) is 0 Å². The third-order valence-corrected chi connectivity index (χ3v) is 8.44. The number of thioether (sulfide) groups is 1. The Balaban J connectivity index is 1.53. The maximum absolute atomic E-state index is 13.8. The first-order valence-corrected chi connectivity index (χ1v) is 15.7. The number of carboxylic acids is 1. The Morgan fingerprint density at radius 3 is 1.67 bits per heavy atom. The van der Waals surface area contributed by atoms with Crippen molar-refractivity contribution in [2.24, 2.45) is 11.8 Å². The van der Waals surface area contributed by atoms with Gasteiger partial charge in [0.2, 0.25) is 11.8 Å². The number of hydrogen-bond donors (Lipinski definition) is 3. The number of carbonyl (C=O) groups is 3. The number of benzene rings is 4. The minimum absolute atomic E-state index is 0.217. The topological polar surface area (TPSA) is 95.5 Å². The molecule has 0 unspecified atom stereocenters. The fourth-order valence-electron chi connectivity index (χ4n) is 4.82. The molecule has 0 aromatic heterocycles. The number of amides is 2. The van der Waals surface area contributed by atoms with E-state index < -0.39 is 23.8 Å². The fourth-order valence-corrected chi connectivity index (χ4v) is 5.95. The Bertz CT molecular complexity index is 1450. The molecule has 0 heterocycles. The van der Waals surface area contributed by atoms with Crippen LogP contribution in [0.3, 0.4) is 0 Å². The number of rotatable bonds is 15. The van der Waals surface area contributed by atoms with Gasteiger partial charge in [-0.05, 0) is 60.2 Å². The van der Waals surface area contributed by atoms with Crippen LogP contribution in [-0.2, 0) is 33.0 Å². The van der Waals surface area contributed by atoms with Crippen molar-refractivity contribution in [3.63, 3.8) is 0 Å². The molecular weight excluding hydrogens is 580 g/mol. The number of hydrogen-bond acceptors (Lipinski definition) is 4. The average Bonchev–Trinajstić information content (AvgIpc) is 3.02. The number of carboxylic acid groups (broad SMARTS) is 1. The van der Waals surface area contributed by atoms with Gasteiger partial charge in [0.1, 0.15) is 6.04 Å². The van der Waals surface area contributed by atoms with Crippen LogP contribution in [0.2, 0.25) is 5.02 Å². The van der Waals surface area contributed by atoms with Gasteiger partial charge in [-0.2, -0.15) is 11.8 Å². The smallest absolute Gasteiger partial charge is 0.327 e. The average molecular weight is 615 g/mol. The van der Waals surface area contributed by atoms with Gasteiger partial charge in [-0.25, -0.2) is 4.79 Å². The van der Waals surface area contributed by atoms with E-state index >= 15 is 0 Å². The maximum Gasteiger partial charge on any atom is 0.327 e. The molecule has 4 aromatic carbocycles. The second-order valence-electron chi connectivity index (χ2n) is 10.4. The van der Waals surface area contributed by atoms with E-state index in [1.807, 2.05) is 91.0 Å². The van der Waals surface area contributed by atoms with E-state index in [9.17, 15) is 19.5 Å². The molecule has 4 aromatic rings. The van der Waals surface area contributed by atoms with Gasteiger partial charge in [0, 0.05) is 34.1 Å². The lowest BCUT2D eigenvalue weighted by Crippen LogP contribution is -2.46. The van der Waals surface area contributed by atoms with Crippen molar-refractivity contribution in [2.45, 2.75) is 31.1 Å². The standard InChI is InChI=1S/C35H35ClN2O4S/c36-30-16-18-31(19-17-30)37-33(39)28(20-25-10-4-1-5-11-25)22-29(21-26-12-6-2-7-13-26)34(40)38-32(35(41)42)24-43-23-27-14-8-3-9-15-27/h1-19,28-29,32H,20-24H2,(H,37,39)(H,38,40)(H,41,42)/t28-,29-,32+/m1/s1. The molecule has 0 spiro atoms. The molecule has 0 bridgehead atoms. The Morgan fingerprint density at radius 1 is 0.674 bits per heavy atom. The van der Waals surface area contributed by atoms with Crippen LogP contribution < -0.4 is 10.6 Å². The SMILES string of the molecule is O=C(Nc1ccc(Cl)cc1)[C@H](Cc1ccccc1)C[C@@H](Cc1ccccc1)C(=O)N[C@@H](CSCc1ccccc1)C(=O)O. The van der Waals surface area contributed by atoms with Crippen LogP contribution >= 0.6 is 23.4 Å². The normalized spacial score (nSPS) is 13.0. The van der Waals surface area contributed by atoms with Crippen molar-refractivity contribution < 1.29 is 19.5 Å². The van der Waals surface area contributed by atoms with E-state index in [0.29, 0.717) is 29.3 Å². The summed E-state index contributed by atoms with van der Waals surface area (Å²) >= 11 is 7.48. The molecule has 222 valence electrons. The van der Waals surface area contributed by atoms with E-state index in [1.54, 1.807) is 24.3 Å². The van der Waals surface area contributed by atoms with Crippen LogP contribution in [0.5, 0.6) is 0 Å². The maximum atomic E-state index is 13.8. The lowest BCUT2D eigenvalue weighted by atomic mass is 9.84. The van der Waals surface area contributed by atoms with Gasteiger partial charge in [-0.15, -0.1) is 0 Å². The third-order valence-electron chi connectivity index (χ3n) is 7.08. The largest absolute Gasteiger partial charge is 0.480 e. The summed E-state index contributed by atoms with van der Waals surface area (Å²) in [5.41, 5.74) is 3.60. The van der Waals surface area contributed by atoms with E-state index in [2.05, 4.69) is 10.6 Å². The van der Waals surface area contributed by atoms with Gasteiger partial charge >= 0.3 is 5.97 Å². The van der Waals surface area contributed by atoms with Crippen molar-refractivity contribution in [1.82, 2.24) is 5.32 Å². The summed E-state index contributed by atoms with van der Waals surface area (Å²) in [6.45, 7) is 0. The minimum Gasteiger partial charge on any atom is -0.480 e. The first-order valence-electron chi connectivity index (χ1n) is 14.2. The molecule has 3 N–H and O–H groups in total. The van der Waals surface area contributed by atoms with Crippen molar-refractivity contribution in [3.05, 3.63) is 137 Å². The molecule has 6 nitrogen and oxygen atoms in total. The molecule has 0 saturated carbocycles. The predicted octanol–water partition coefficient (Wildman–Crippen LogP) is 6.89. The third kappa shape index (κ3) is 10.6. The molecule has 0 saturated heterocycles. The van der Waals surface area contributed by atoms with Crippen LogP contribution in [0, 0.1) is 11.8 Å². The lowest BCUT2D eigenvalue weighted by molar-refractivity contribution is -0.142. The van der Waals surface area contributed by atoms with Gasteiger partial charge in [-0.3, -0.25) is 9.59 Å². The second kappa shape index (κ2) is 16.5. The molecule has 3 atom stereocenters. The molecule has 4 rings (SSSR count).